The van der Waals surface area contributed by atoms with Crippen molar-refractivity contribution in [3.63, 3.8) is 0 Å². The molecule has 0 atom stereocenters. The van der Waals surface area contributed by atoms with Gasteiger partial charge in [0.05, 0.1) is 10.7 Å². The maximum atomic E-state index is 6.32. The van der Waals surface area contributed by atoms with Crippen LogP contribution in [0.25, 0.3) is 22.0 Å². The van der Waals surface area contributed by atoms with Gasteiger partial charge in [0, 0.05) is 21.1 Å². The van der Waals surface area contributed by atoms with Gasteiger partial charge in [-0.15, -0.1) is 0 Å². The zero-order valence-electron chi connectivity index (χ0n) is 10.3. The summed E-state index contributed by atoms with van der Waals surface area (Å²) in [5.74, 6) is 0. The van der Waals surface area contributed by atoms with Crippen LogP contribution in [0, 0.1) is 6.92 Å². The van der Waals surface area contributed by atoms with Crippen LogP contribution in [0.15, 0.2) is 53.0 Å². The summed E-state index contributed by atoms with van der Waals surface area (Å²) in [7, 11) is 0. The highest BCUT2D eigenvalue weighted by Gasteiger charge is 2.10. The van der Waals surface area contributed by atoms with Gasteiger partial charge in [-0.3, -0.25) is 4.98 Å². The van der Waals surface area contributed by atoms with Crippen LogP contribution in [0.4, 0.5) is 0 Å². The Hall–Kier alpha value is -1.38. The van der Waals surface area contributed by atoms with Gasteiger partial charge in [-0.2, -0.15) is 0 Å². The molecule has 0 fully saturated rings. The van der Waals surface area contributed by atoms with Gasteiger partial charge in [0.2, 0.25) is 0 Å². The lowest BCUT2D eigenvalue weighted by Crippen LogP contribution is -1.90. The van der Waals surface area contributed by atoms with Gasteiger partial charge in [0.25, 0.3) is 0 Å². The van der Waals surface area contributed by atoms with E-state index in [4.69, 9.17) is 11.6 Å². The molecule has 0 N–H and O–H groups in total. The van der Waals surface area contributed by atoms with E-state index < -0.39 is 0 Å². The highest BCUT2D eigenvalue weighted by molar-refractivity contribution is 9.10. The van der Waals surface area contributed by atoms with Crippen LogP contribution in [0.5, 0.6) is 0 Å². The Labute approximate surface area is 125 Å². The van der Waals surface area contributed by atoms with E-state index in [9.17, 15) is 0 Å². The molecule has 2 aromatic carbocycles. The molecule has 19 heavy (non-hydrogen) atoms. The molecule has 0 radical (unpaired) electrons. The summed E-state index contributed by atoms with van der Waals surface area (Å²) in [6.45, 7) is 2.00. The largest absolute Gasteiger partial charge is 0.252 e. The number of nitrogens with zero attached hydrogens (tertiary/aromatic N) is 1. The lowest BCUT2D eigenvalue weighted by atomic mass is 10.0. The van der Waals surface area contributed by atoms with E-state index in [0.29, 0.717) is 5.02 Å². The van der Waals surface area contributed by atoms with Gasteiger partial charge in [0.15, 0.2) is 0 Å². The minimum atomic E-state index is 0.714. The van der Waals surface area contributed by atoms with Crippen LogP contribution in [-0.4, -0.2) is 4.98 Å². The third kappa shape index (κ3) is 2.38. The van der Waals surface area contributed by atoms with Crippen molar-refractivity contribution in [1.82, 2.24) is 4.98 Å². The van der Waals surface area contributed by atoms with Crippen molar-refractivity contribution >= 4 is 38.3 Å². The summed E-state index contributed by atoms with van der Waals surface area (Å²) in [6.07, 6.45) is 0. The molecule has 0 bridgehead atoms. The summed E-state index contributed by atoms with van der Waals surface area (Å²) in [4.78, 5) is 4.67. The van der Waals surface area contributed by atoms with Crippen molar-refractivity contribution in [1.29, 1.82) is 0 Å². The predicted molar refractivity (Wildman–Crippen MR) is 84.6 cm³/mol. The van der Waals surface area contributed by atoms with Gasteiger partial charge in [0.1, 0.15) is 0 Å². The summed E-state index contributed by atoms with van der Waals surface area (Å²) in [6, 6.07) is 16.2. The quantitative estimate of drug-likeness (QED) is 0.563. The summed E-state index contributed by atoms with van der Waals surface area (Å²) in [5, 5.41) is 3.01. The highest BCUT2D eigenvalue weighted by atomic mass is 79.9. The van der Waals surface area contributed by atoms with E-state index in [1.54, 1.807) is 0 Å². The van der Waals surface area contributed by atoms with E-state index in [0.717, 1.165) is 26.8 Å². The van der Waals surface area contributed by atoms with Crippen LogP contribution in [0.1, 0.15) is 5.69 Å². The Balaban J connectivity index is 2.38. The molecule has 0 unspecified atom stereocenters. The Bertz CT molecular complexity index is 768. The number of hydrogen-bond donors (Lipinski definition) is 0. The highest BCUT2D eigenvalue weighted by Crippen LogP contribution is 2.34. The topological polar surface area (TPSA) is 12.9 Å². The van der Waals surface area contributed by atoms with Gasteiger partial charge < -0.3 is 0 Å². The first kappa shape index (κ1) is 12.6. The number of benzene rings is 2. The molecule has 94 valence electrons. The molecule has 1 aromatic heterocycles. The summed E-state index contributed by atoms with van der Waals surface area (Å²) >= 11 is 9.81. The fourth-order valence-electron chi connectivity index (χ4n) is 2.22. The first-order valence-electron chi connectivity index (χ1n) is 5.97. The molecule has 0 amide bonds. The molecule has 0 saturated heterocycles. The summed E-state index contributed by atoms with van der Waals surface area (Å²) in [5.41, 5.74) is 2.88. The van der Waals surface area contributed by atoms with Crippen molar-refractivity contribution in [3.8, 4) is 11.3 Å². The average Bonchev–Trinajstić information content (AvgIpc) is 2.40. The second-order valence-electron chi connectivity index (χ2n) is 4.46. The second kappa shape index (κ2) is 4.95. The van der Waals surface area contributed by atoms with Gasteiger partial charge in [-0.1, -0.05) is 51.8 Å². The molecule has 0 saturated carbocycles. The van der Waals surface area contributed by atoms with E-state index in [1.807, 2.05) is 37.3 Å². The SMILES string of the molecule is Cc1cc2ccccc2c(-c2cc(Br)ccc2Cl)n1. The van der Waals surface area contributed by atoms with Crippen molar-refractivity contribution < 1.29 is 0 Å². The van der Waals surface area contributed by atoms with Crippen molar-refractivity contribution in [2.75, 3.05) is 0 Å². The van der Waals surface area contributed by atoms with Crippen LogP contribution in [0.3, 0.4) is 0 Å². The monoisotopic (exact) mass is 331 g/mol. The zero-order chi connectivity index (χ0) is 13.4. The summed E-state index contributed by atoms with van der Waals surface area (Å²) < 4.78 is 0.999. The van der Waals surface area contributed by atoms with E-state index >= 15 is 0 Å². The number of aryl methyl sites for hydroxylation is 1. The van der Waals surface area contributed by atoms with Crippen molar-refractivity contribution in [2.24, 2.45) is 0 Å². The van der Waals surface area contributed by atoms with Crippen LogP contribution in [-0.2, 0) is 0 Å². The molecular formula is C16H11BrClN. The minimum absolute atomic E-state index is 0.714. The van der Waals surface area contributed by atoms with Crippen LogP contribution >= 0.6 is 27.5 Å². The second-order valence-corrected chi connectivity index (χ2v) is 5.78. The third-order valence-corrected chi connectivity index (χ3v) is 3.87. The standard InChI is InChI=1S/C16H11BrClN/c1-10-8-11-4-2-3-5-13(11)16(19-10)14-9-12(17)6-7-15(14)18/h2-9H,1H3. The maximum absolute atomic E-state index is 6.32. The smallest absolute Gasteiger partial charge is 0.0798 e. The molecule has 0 spiro atoms. The predicted octanol–water partition coefficient (Wildman–Crippen LogP) is 5.63. The number of rotatable bonds is 1. The molecule has 1 heterocycles. The van der Waals surface area contributed by atoms with E-state index in [-0.39, 0.29) is 0 Å². The fourth-order valence-corrected chi connectivity index (χ4v) is 2.78. The Kier molecular flexibility index (Phi) is 3.29. The average molecular weight is 333 g/mol. The zero-order valence-corrected chi connectivity index (χ0v) is 12.7. The molecule has 0 aliphatic carbocycles. The number of pyridine rings is 1. The van der Waals surface area contributed by atoms with Crippen molar-refractivity contribution in [2.45, 2.75) is 6.92 Å². The molecule has 1 nitrogen and oxygen atoms in total. The molecular weight excluding hydrogens is 322 g/mol. The van der Waals surface area contributed by atoms with Gasteiger partial charge in [-0.25, -0.2) is 0 Å². The first-order chi connectivity index (χ1) is 9.15. The van der Waals surface area contributed by atoms with E-state index in [2.05, 4.69) is 39.1 Å². The molecule has 3 rings (SSSR count). The molecule has 3 heteroatoms. The van der Waals surface area contributed by atoms with Crippen molar-refractivity contribution in [3.05, 3.63) is 63.7 Å². The Morgan fingerprint density at radius 1 is 1.05 bits per heavy atom. The number of hydrogen-bond acceptors (Lipinski definition) is 1. The molecule has 3 aromatic rings. The van der Waals surface area contributed by atoms with Crippen LogP contribution < -0.4 is 0 Å². The molecule has 0 aliphatic rings. The number of aromatic nitrogens is 1. The van der Waals surface area contributed by atoms with E-state index in [1.165, 1.54) is 5.39 Å². The number of halogens is 2. The molecule has 0 aliphatic heterocycles. The lowest BCUT2D eigenvalue weighted by molar-refractivity contribution is 1.23. The van der Waals surface area contributed by atoms with Crippen LogP contribution in [0.2, 0.25) is 5.02 Å². The Morgan fingerprint density at radius 3 is 2.68 bits per heavy atom. The first-order valence-corrected chi connectivity index (χ1v) is 7.14. The maximum Gasteiger partial charge on any atom is 0.0798 e. The minimum Gasteiger partial charge on any atom is -0.252 e. The Morgan fingerprint density at radius 2 is 1.84 bits per heavy atom. The fraction of sp³-hybridized carbons (Fsp3) is 0.0625. The number of fused-ring (bicyclic) bond motifs is 1. The lowest BCUT2D eigenvalue weighted by Gasteiger charge is -2.09. The van der Waals surface area contributed by atoms with Gasteiger partial charge >= 0.3 is 0 Å². The third-order valence-electron chi connectivity index (χ3n) is 3.05. The normalized spacial score (nSPS) is 10.9. The van der Waals surface area contributed by atoms with Gasteiger partial charge in [-0.05, 0) is 36.6 Å².